The molecule has 0 aliphatic carbocycles. The van der Waals surface area contributed by atoms with Crippen LogP contribution in [0.25, 0.3) is 11.1 Å². The zero-order valence-corrected chi connectivity index (χ0v) is 18.2. The van der Waals surface area contributed by atoms with Crippen LogP contribution in [0.2, 0.25) is 0 Å². The quantitative estimate of drug-likeness (QED) is 0.578. The van der Waals surface area contributed by atoms with Gasteiger partial charge in [-0.25, -0.2) is 4.98 Å². The number of rotatable bonds is 7. The fourth-order valence-electron chi connectivity index (χ4n) is 3.99. The predicted octanol–water partition coefficient (Wildman–Crippen LogP) is 3.16. The number of nitrogens with zero attached hydrogens (tertiary/aromatic N) is 3. The Morgan fingerprint density at radius 2 is 1.75 bits per heavy atom. The van der Waals surface area contributed by atoms with E-state index in [4.69, 9.17) is 0 Å². The number of anilines is 1. The van der Waals surface area contributed by atoms with Gasteiger partial charge in [-0.3, -0.25) is 19.1 Å². The molecule has 2 aromatic carbocycles. The Morgan fingerprint density at radius 1 is 1.06 bits per heavy atom. The van der Waals surface area contributed by atoms with E-state index in [1.54, 1.807) is 0 Å². The summed E-state index contributed by atoms with van der Waals surface area (Å²) >= 11 is 0. The number of hydrogen-bond acceptors (Lipinski definition) is 6. The third kappa shape index (κ3) is 5.42. The van der Waals surface area contributed by atoms with E-state index in [1.165, 1.54) is 40.8 Å². The van der Waals surface area contributed by atoms with Crippen molar-refractivity contribution < 1.29 is 9.53 Å². The second-order valence-corrected chi connectivity index (χ2v) is 8.04. The zero-order chi connectivity index (χ0) is 22.3. The van der Waals surface area contributed by atoms with Crippen LogP contribution in [0.1, 0.15) is 18.4 Å². The fraction of sp³-hybridized carbons (Fsp3) is 0.320. The van der Waals surface area contributed by atoms with Crippen molar-refractivity contribution in [2.24, 2.45) is 0 Å². The lowest BCUT2D eigenvalue weighted by Gasteiger charge is -2.32. The van der Waals surface area contributed by atoms with E-state index in [0.717, 1.165) is 32.5 Å². The number of ether oxygens (including phenoxy) is 1. The molecule has 4 rings (SSSR count). The molecule has 166 valence electrons. The highest BCUT2D eigenvalue weighted by Crippen LogP contribution is 2.21. The Morgan fingerprint density at radius 3 is 2.44 bits per heavy atom. The summed E-state index contributed by atoms with van der Waals surface area (Å²) in [5, 5.41) is 3.27. The van der Waals surface area contributed by atoms with Crippen LogP contribution in [0.5, 0.6) is 0 Å². The van der Waals surface area contributed by atoms with Gasteiger partial charge in [-0.15, -0.1) is 0 Å². The summed E-state index contributed by atoms with van der Waals surface area (Å²) in [6.07, 6.45) is 4.88. The molecule has 7 heteroatoms. The van der Waals surface area contributed by atoms with Crippen molar-refractivity contribution >= 4 is 11.8 Å². The molecule has 1 aliphatic heterocycles. The van der Waals surface area contributed by atoms with E-state index < -0.39 is 5.97 Å². The zero-order valence-electron chi connectivity index (χ0n) is 18.2. The van der Waals surface area contributed by atoms with Gasteiger partial charge < -0.3 is 10.1 Å². The van der Waals surface area contributed by atoms with Gasteiger partial charge in [0, 0.05) is 38.1 Å². The third-order valence-corrected chi connectivity index (χ3v) is 5.84. The number of esters is 1. The van der Waals surface area contributed by atoms with Crippen LogP contribution in [0.4, 0.5) is 5.82 Å². The number of carbonyl (C=O) groups is 1. The van der Waals surface area contributed by atoms with E-state index >= 15 is 0 Å². The summed E-state index contributed by atoms with van der Waals surface area (Å²) in [7, 11) is 1.30. The highest BCUT2D eigenvalue weighted by Gasteiger charge is 2.21. The summed E-state index contributed by atoms with van der Waals surface area (Å²) < 4.78 is 5.96. The molecule has 32 heavy (non-hydrogen) atoms. The summed E-state index contributed by atoms with van der Waals surface area (Å²) in [4.78, 5) is 30.6. The first-order valence-electron chi connectivity index (χ1n) is 10.9. The molecule has 2 heterocycles. The number of aromatic nitrogens is 2. The summed E-state index contributed by atoms with van der Waals surface area (Å²) in [5.41, 5.74) is 3.45. The predicted molar refractivity (Wildman–Crippen MR) is 124 cm³/mol. The molecule has 1 fully saturated rings. The maximum atomic E-state index is 12.5. The SMILES string of the molecule is COC(=O)Cn1ccnc(NC2CCN(Cc3ccc(-c4ccccc4)cc3)CC2)c1=O. The van der Waals surface area contributed by atoms with Crippen molar-refractivity contribution in [3.63, 3.8) is 0 Å². The van der Waals surface area contributed by atoms with Gasteiger partial charge >= 0.3 is 5.97 Å². The second kappa shape index (κ2) is 10.2. The molecule has 1 aliphatic rings. The van der Waals surface area contributed by atoms with Crippen molar-refractivity contribution in [2.75, 3.05) is 25.5 Å². The molecule has 7 nitrogen and oxygen atoms in total. The summed E-state index contributed by atoms with van der Waals surface area (Å²) in [5.74, 6) is -0.180. The van der Waals surface area contributed by atoms with Gasteiger partial charge in [-0.1, -0.05) is 54.6 Å². The van der Waals surface area contributed by atoms with Crippen molar-refractivity contribution in [1.82, 2.24) is 14.5 Å². The normalized spacial score (nSPS) is 14.8. The molecular weight excluding hydrogens is 404 g/mol. The van der Waals surface area contributed by atoms with Gasteiger partial charge in [0.1, 0.15) is 6.54 Å². The highest BCUT2D eigenvalue weighted by atomic mass is 16.5. The minimum Gasteiger partial charge on any atom is -0.468 e. The van der Waals surface area contributed by atoms with Crippen LogP contribution in [-0.2, 0) is 22.6 Å². The second-order valence-electron chi connectivity index (χ2n) is 8.04. The molecule has 1 N–H and O–H groups in total. The van der Waals surface area contributed by atoms with E-state index in [1.807, 2.05) is 6.07 Å². The molecule has 0 unspecified atom stereocenters. The minimum absolute atomic E-state index is 0.117. The number of hydrogen-bond donors (Lipinski definition) is 1. The standard InChI is InChI=1S/C25H28N4O3/c1-32-23(30)18-29-16-13-26-24(25(29)31)27-22-11-14-28(15-12-22)17-19-7-9-21(10-8-19)20-5-3-2-4-6-20/h2-10,13,16,22H,11-12,14-15,17-18H2,1H3,(H,26,27). The molecule has 0 saturated carbocycles. The van der Waals surface area contributed by atoms with E-state index in [-0.39, 0.29) is 24.0 Å². The van der Waals surface area contributed by atoms with Crippen molar-refractivity contribution in [3.8, 4) is 11.1 Å². The van der Waals surface area contributed by atoms with Crippen LogP contribution in [-0.4, -0.2) is 46.7 Å². The van der Waals surface area contributed by atoms with Crippen molar-refractivity contribution in [3.05, 3.63) is 82.9 Å². The summed E-state index contributed by atoms with van der Waals surface area (Å²) in [6.45, 7) is 2.69. The van der Waals surface area contributed by atoms with Gasteiger partial charge in [0.15, 0.2) is 5.82 Å². The van der Waals surface area contributed by atoms with Gasteiger partial charge in [-0.05, 0) is 29.5 Å². The Labute approximate surface area is 187 Å². The molecule has 3 aromatic rings. The molecular formula is C25H28N4O3. The average Bonchev–Trinajstić information content (AvgIpc) is 2.84. The summed E-state index contributed by atoms with van der Waals surface area (Å²) in [6, 6.07) is 19.3. The first-order valence-corrected chi connectivity index (χ1v) is 10.9. The highest BCUT2D eigenvalue weighted by molar-refractivity contribution is 5.69. The van der Waals surface area contributed by atoms with Gasteiger partial charge in [-0.2, -0.15) is 0 Å². The lowest BCUT2D eigenvalue weighted by molar-refractivity contribution is -0.141. The van der Waals surface area contributed by atoms with Gasteiger partial charge in [0.25, 0.3) is 5.56 Å². The van der Waals surface area contributed by atoms with E-state index in [9.17, 15) is 9.59 Å². The maximum absolute atomic E-state index is 12.5. The van der Waals surface area contributed by atoms with Crippen LogP contribution in [0.3, 0.4) is 0 Å². The van der Waals surface area contributed by atoms with Gasteiger partial charge in [0.05, 0.1) is 7.11 Å². The number of benzene rings is 2. The van der Waals surface area contributed by atoms with Crippen molar-refractivity contribution in [1.29, 1.82) is 0 Å². The number of likely N-dealkylation sites (tertiary alicyclic amines) is 1. The third-order valence-electron chi connectivity index (χ3n) is 5.84. The number of methoxy groups -OCH3 is 1. The topological polar surface area (TPSA) is 76.5 Å². The smallest absolute Gasteiger partial charge is 0.325 e. The molecule has 0 atom stereocenters. The Kier molecular flexibility index (Phi) is 6.97. The molecule has 0 bridgehead atoms. The average molecular weight is 433 g/mol. The molecule has 0 radical (unpaired) electrons. The van der Waals surface area contributed by atoms with Crippen LogP contribution < -0.4 is 10.9 Å². The molecule has 0 spiro atoms. The first kappa shape index (κ1) is 21.8. The van der Waals surface area contributed by atoms with Gasteiger partial charge in [0.2, 0.25) is 0 Å². The number of piperidine rings is 1. The lowest BCUT2D eigenvalue weighted by Crippen LogP contribution is -2.40. The van der Waals surface area contributed by atoms with E-state index in [2.05, 4.69) is 68.5 Å². The largest absolute Gasteiger partial charge is 0.468 e. The lowest BCUT2D eigenvalue weighted by atomic mass is 10.0. The van der Waals surface area contributed by atoms with Crippen LogP contribution in [0, 0.1) is 0 Å². The number of carbonyl (C=O) groups excluding carboxylic acids is 1. The first-order chi connectivity index (χ1) is 15.6. The molecule has 1 saturated heterocycles. The Hall–Kier alpha value is -3.45. The molecule has 1 aromatic heterocycles. The monoisotopic (exact) mass is 432 g/mol. The van der Waals surface area contributed by atoms with Crippen LogP contribution in [0.15, 0.2) is 71.8 Å². The fourth-order valence-corrected chi connectivity index (χ4v) is 3.99. The van der Waals surface area contributed by atoms with Crippen molar-refractivity contribution in [2.45, 2.75) is 32.0 Å². The van der Waals surface area contributed by atoms with E-state index in [0.29, 0.717) is 0 Å². The maximum Gasteiger partial charge on any atom is 0.325 e. The minimum atomic E-state index is -0.464. The number of nitrogens with one attached hydrogen (secondary N) is 1. The van der Waals surface area contributed by atoms with Crippen LogP contribution >= 0.6 is 0 Å². The Bertz CT molecular complexity index is 1090. The Balaban J connectivity index is 1.30. The molecule has 0 amide bonds.